The Bertz CT molecular complexity index is 512. The molecule has 1 aliphatic rings. The van der Waals surface area contributed by atoms with Gasteiger partial charge < -0.3 is 9.63 Å². The van der Waals surface area contributed by atoms with Gasteiger partial charge in [0.1, 0.15) is 5.69 Å². The average Bonchev–Trinajstić information content (AvgIpc) is 2.90. The highest BCUT2D eigenvalue weighted by molar-refractivity contribution is 5.47. The molecule has 94 valence electrons. The Kier molecular flexibility index (Phi) is 3.06. The maximum Gasteiger partial charge on any atom is 0.232 e. The summed E-state index contributed by atoms with van der Waals surface area (Å²) in [6, 6.07) is 5.56. The first-order chi connectivity index (χ1) is 8.84. The molecule has 2 aromatic heterocycles. The van der Waals surface area contributed by atoms with Crippen molar-refractivity contribution in [2.45, 2.75) is 37.7 Å². The molecular formula is C13H15N3O2. The van der Waals surface area contributed by atoms with Crippen molar-refractivity contribution in [3.8, 4) is 11.5 Å². The molecule has 1 aliphatic carbocycles. The van der Waals surface area contributed by atoms with Gasteiger partial charge in [-0.3, -0.25) is 4.98 Å². The summed E-state index contributed by atoms with van der Waals surface area (Å²) in [7, 11) is 0. The van der Waals surface area contributed by atoms with Crippen molar-refractivity contribution in [2.24, 2.45) is 0 Å². The van der Waals surface area contributed by atoms with Gasteiger partial charge >= 0.3 is 0 Å². The van der Waals surface area contributed by atoms with Gasteiger partial charge in [0, 0.05) is 6.20 Å². The summed E-state index contributed by atoms with van der Waals surface area (Å²) in [5.41, 5.74) is 0.692. The monoisotopic (exact) mass is 245 g/mol. The van der Waals surface area contributed by atoms with Crippen molar-refractivity contribution < 1.29 is 9.63 Å². The maximum absolute atomic E-state index is 9.96. The molecule has 5 nitrogen and oxygen atoms in total. The number of hydrogen-bond donors (Lipinski definition) is 1. The van der Waals surface area contributed by atoms with Crippen LogP contribution >= 0.6 is 0 Å². The molecule has 18 heavy (non-hydrogen) atoms. The molecule has 0 saturated heterocycles. The normalized spacial score (nSPS) is 24.1. The fourth-order valence-corrected chi connectivity index (χ4v) is 2.38. The summed E-state index contributed by atoms with van der Waals surface area (Å²) in [5.74, 6) is 0.995. The predicted octanol–water partition coefficient (Wildman–Crippen LogP) is 2.15. The minimum Gasteiger partial charge on any atom is -0.392 e. The predicted molar refractivity (Wildman–Crippen MR) is 64.7 cm³/mol. The summed E-state index contributed by atoms with van der Waals surface area (Å²) in [5, 5.41) is 13.9. The van der Waals surface area contributed by atoms with Crippen LogP contribution < -0.4 is 0 Å². The van der Waals surface area contributed by atoms with E-state index in [-0.39, 0.29) is 12.0 Å². The Morgan fingerprint density at radius 2 is 2.11 bits per heavy atom. The van der Waals surface area contributed by atoms with Gasteiger partial charge in [-0.05, 0) is 25.0 Å². The van der Waals surface area contributed by atoms with E-state index >= 15 is 0 Å². The lowest BCUT2D eigenvalue weighted by molar-refractivity contribution is 0.0908. The minimum absolute atomic E-state index is 0.0243. The van der Waals surface area contributed by atoms with E-state index in [2.05, 4.69) is 15.1 Å². The fraction of sp³-hybridized carbons (Fsp3) is 0.462. The van der Waals surface area contributed by atoms with Crippen molar-refractivity contribution in [3.05, 3.63) is 30.3 Å². The molecule has 5 heteroatoms. The molecule has 0 amide bonds. The van der Waals surface area contributed by atoms with Gasteiger partial charge in [0.15, 0.2) is 0 Å². The Balaban J connectivity index is 1.85. The number of aliphatic hydroxyl groups excluding tert-OH is 1. The van der Waals surface area contributed by atoms with E-state index in [4.69, 9.17) is 4.52 Å². The summed E-state index contributed by atoms with van der Waals surface area (Å²) in [6.45, 7) is 0. The number of aliphatic hydroxyl groups is 1. The topological polar surface area (TPSA) is 72.0 Å². The summed E-state index contributed by atoms with van der Waals surface area (Å²) >= 11 is 0. The Hall–Kier alpha value is -1.75. The highest BCUT2D eigenvalue weighted by Gasteiger charge is 2.29. The van der Waals surface area contributed by atoms with E-state index in [1.54, 1.807) is 6.20 Å². The van der Waals surface area contributed by atoms with Gasteiger partial charge in [-0.2, -0.15) is 4.98 Å². The van der Waals surface area contributed by atoms with Crippen LogP contribution in [-0.2, 0) is 0 Å². The van der Waals surface area contributed by atoms with Crippen molar-refractivity contribution >= 4 is 0 Å². The number of nitrogens with zero attached hydrogens (tertiary/aromatic N) is 3. The summed E-state index contributed by atoms with van der Waals surface area (Å²) < 4.78 is 5.27. The smallest absolute Gasteiger partial charge is 0.232 e. The second kappa shape index (κ2) is 4.86. The third-order valence-electron chi connectivity index (χ3n) is 3.38. The minimum atomic E-state index is -0.365. The van der Waals surface area contributed by atoms with E-state index in [0.717, 1.165) is 25.7 Å². The van der Waals surface area contributed by atoms with Crippen molar-refractivity contribution in [1.82, 2.24) is 15.1 Å². The molecule has 0 radical (unpaired) electrons. The molecule has 2 heterocycles. The third kappa shape index (κ3) is 2.13. The SMILES string of the molecule is OC1CCCCC1c1nc(-c2ccccn2)no1. The molecule has 3 rings (SSSR count). The van der Waals surface area contributed by atoms with Crippen LogP contribution in [0.2, 0.25) is 0 Å². The molecule has 0 spiro atoms. The zero-order chi connectivity index (χ0) is 12.4. The number of pyridine rings is 1. The van der Waals surface area contributed by atoms with Gasteiger partial charge in [-0.1, -0.05) is 24.1 Å². The van der Waals surface area contributed by atoms with Crippen molar-refractivity contribution in [2.75, 3.05) is 0 Å². The Morgan fingerprint density at radius 3 is 2.89 bits per heavy atom. The number of aromatic nitrogens is 3. The third-order valence-corrected chi connectivity index (χ3v) is 3.38. The second-order valence-corrected chi connectivity index (χ2v) is 4.63. The van der Waals surface area contributed by atoms with E-state index in [1.807, 2.05) is 18.2 Å². The van der Waals surface area contributed by atoms with Crippen LogP contribution in [0.5, 0.6) is 0 Å². The van der Waals surface area contributed by atoms with Crippen molar-refractivity contribution in [3.63, 3.8) is 0 Å². The van der Waals surface area contributed by atoms with Crippen LogP contribution in [0.25, 0.3) is 11.5 Å². The molecule has 2 aromatic rings. The molecule has 1 saturated carbocycles. The Labute approximate surface area is 105 Å². The molecule has 0 aliphatic heterocycles. The zero-order valence-corrected chi connectivity index (χ0v) is 9.99. The van der Waals surface area contributed by atoms with Gasteiger partial charge in [0.2, 0.25) is 11.7 Å². The molecule has 0 aromatic carbocycles. The van der Waals surface area contributed by atoms with Gasteiger partial charge in [0.25, 0.3) is 0 Å². The van der Waals surface area contributed by atoms with Crippen LogP contribution in [0.4, 0.5) is 0 Å². The number of rotatable bonds is 2. The van der Waals surface area contributed by atoms with E-state index < -0.39 is 0 Å². The fourth-order valence-electron chi connectivity index (χ4n) is 2.38. The number of hydrogen-bond acceptors (Lipinski definition) is 5. The molecule has 2 atom stereocenters. The van der Waals surface area contributed by atoms with E-state index in [0.29, 0.717) is 17.4 Å². The quantitative estimate of drug-likeness (QED) is 0.877. The molecular weight excluding hydrogens is 230 g/mol. The zero-order valence-electron chi connectivity index (χ0n) is 9.99. The molecule has 2 unspecified atom stereocenters. The molecule has 1 fully saturated rings. The first kappa shape index (κ1) is 11.3. The molecule has 1 N–H and O–H groups in total. The lowest BCUT2D eigenvalue weighted by Crippen LogP contribution is -2.22. The largest absolute Gasteiger partial charge is 0.392 e. The van der Waals surface area contributed by atoms with Crippen molar-refractivity contribution in [1.29, 1.82) is 0 Å². The van der Waals surface area contributed by atoms with E-state index in [1.165, 1.54) is 0 Å². The summed E-state index contributed by atoms with van der Waals surface area (Å²) in [4.78, 5) is 8.53. The standard InChI is InChI=1S/C13H15N3O2/c17-11-7-2-1-5-9(11)13-15-12(16-18-13)10-6-3-4-8-14-10/h3-4,6,8-9,11,17H,1-2,5,7H2. The van der Waals surface area contributed by atoms with Crippen LogP contribution in [0, 0.1) is 0 Å². The highest BCUT2D eigenvalue weighted by atomic mass is 16.5. The lowest BCUT2D eigenvalue weighted by Gasteiger charge is -2.24. The molecule has 0 bridgehead atoms. The first-order valence-electron chi connectivity index (χ1n) is 6.27. The van der Waals surface area contributed by atoms with E-state index in [9.17, 15) is 5.11 Å². The van der Waals surface area contributed by atoms with Gasteiger partial charge in [-0.25, -0.2) is 0 Å². The summed E-state index contributed by atoms with van der Waals surface area (Å²) in [6.07, 6.45) is 5.22. The lowest BCUT2D eigenvalue weighted by atomic mass is 9.86. The average molecular weight is 245 g/mol. The highest BCUT2D eigenvalue weighted by Crippen LogP contribution is 2.32. The maximum atomic E-state index is 9.96. The van der Waals surface area contributed by atoms with Gasteiger partial charge in [0.05, 0.1) is 12.0 Å². The van der Waals surface area contributed by atoms with Crippen LogP contribution in [-0.4, -0.2) is 26.3 Å². The van der Waals surface area contributed by atoms with Crippen LogP contribution in [0.15, 0.2) is 28.9 Å². The van der Waals surface area contributed by atoms with Crippen LogP contribution in [0.3, 0.4) is 0 Å². The Morgan fingerprint density at radius 1 is 1.22 bits per heavy atom. The first-order valence-corrected chi connectivity index (χ1v) is 6.27. The van der Waals surface area contributed by atoms with Gasteiger partial charge in [-0.15, -0.1) is 0 Å². The van der Waals surface area contributed by atoms with Crippen LogP contribution in [0.1, 0.15) is 37.5 Å². The second-order valence-electron chi connectivity index (χ2n) is 4.63.